The highest BCUT2D eigenvalue weighted by Gasteiger charge is 2.23. The molecule has 1 N–H and O–H groups in total. The average molecular weight is 297 g/mol. The number of benzene rings is 1. The molecule has 0 atom stereocenters. The van der Waals surface area contributed by atoms with Crippen molar-refractivity contribution in [2.45, 2.75) is 6.54 Å². The van der Waals surface area contributed by atoms with E-state index in [4.69, 9.17) is 25.5 Å². The quantitative estimate of drug-likeness (QED) is 0.688. The molecule has 1 aliphatic rings. The third kappa shape index (κ3) is 2.35. The predicted octanol–water partition coefficient (Wildman–Crippen LogP) is 3.18. The van der Waals surface area contributed by atoms with Gasteiger partial charge in [-0.15, -0.1) is 0 Å². The maximum atomic E-state index is 11.1. The molecule has 0 amide bonds. The van der Waals surface area contributed by atoms with Crippen LogP contribution in [0.4, 0.5) is 11.4 Å². The van der Waals surface area contributed by atoms with E-state index in [1.165, 1.54) is 12.1 Å². The first-order valence-corrected chi connectivity index (χ1v) is 6.07. The normalized spacial score (nSPS) is 12.4. The number of fused-ring (bicyclic) bond motifs is 1. The zero-order valence-corrected chi connectivity index (χ0v) is 10.8. The summed E-state index contributed by atoms with van der Waals surface area (Å²) in [6.45, 7) is 0.330. The van der Waals surface area contributed by atoms with Crippen molar-refractivity contribution in [3.8, 4) is 11.5 Å². The van der Waals surface area contributed by atoms with Crippen LogP contribution in [0.2, 0.25) is 5.22 Å². The lowest BCUT2D eigenvalue weighted by Crippen LogP contribution is -2.02. The van der Waals surface area contributed by atoms with E-state index in [0.29, 0.717) is 22.9 Å². The van der Waals surface area contributed by atoms with Crippen molar-refractivity contribution in [2.75, 3.05) is 12.1 Å². The smallest absolute Gasteiger partial charge is 0.296 e. The summed E-state index contributed by atoms with van der Waals surface area (Å²) in [5.74, 6) is 1.40. The van der Waals surface area contributed by atoms with E-state index in [1.54, 1.807) is 12.1 Å². The molecule has 0 fully saturated rings. The molecule has 2 heterocycles. The maximum absolute atomic E-state index is 11.1. The van der Waals surface area contributed by atoms with Gasteiger partial charge in [-0.2, -0.15) is 0 Å². The monoisotopic (exact) mass is 296 g/mol. The van der Waals surface area contributed by atoms with Crippen molar-refractivity contribution in [1.29, 1.82) is 0 Å². The molecule has 7 nitrogen and oxygen atoms in total. The highest BCUT2D eigenvalue weighted by atomic mass is 35.5. The Hall–Kier alpha value is -2.41. The van der Waals surface area contributed by atoms with Crippen LogP contribution in [0.15, 0.2) is 28.7 Å². The van der Waals surface area contributed by atoms with E-state index in [1.807, 2.05) is 0 Å². The predicted molar refractivity (Wildman–Crippen MR) is 70.3 cm³/mol. The number of nitrogens with one attached hydrogen (secondary N) is 1. The van der Waals surface area contributed by atoms with Crippen LogP contribution in [0.1, 0.15) is 5.76 Å². The Morgan fingerprint density at radius 1 is 1.30 bits per heavy atom. The molecule has 0 aliphatic carbocycles. The number of nitrogens with zero attached hydrogens (tertiary/aromatic N) is 1. The fourth-order valence-corrected chi connectivity index (χ4v) is 2.02. The Kier molecular flexibility index (Phi) is 3.11. The number of rotatable bonds is 4. The van der Waals surface area contributed by atoms with Crippen LogP contribution in [0.5, 0.6) is 11.5 Å². The SMILES string of the molecule is O=[N+]([O-])c1cc2c(cc1NCc1ccc(Cl)o1)OCO2. The van der Waals surface area contributed by atoms with Crippen molar-refractivity contribution in [3.63, 3.8) is 0 Å². The van der Waals surface area contributed by atoms with Gasteiger partial charge in [0.1, 0.15) is 11.4 Å². The first-order chi connectivity index (χ1) is 9.63. The zero-order valence-electron chi connectivity index (χ0n) is 10.1. The van der Waals surface area contributed by atoms with Crippen molar-refractivity contribution < 1.29 is 18.8 Å². The number of ether oxygens (including phenoxy) is 2. The van der Waals surface area contributed by atoms with Crippen LogP contribution >= 0.6 is 11.6 Å². The third-order valence-electron chi connectivity index (χ3n) is 2.77. The fraction of sp³-hybridized carbons (Fsp3) is 0.167. The van der Waals surface area contributed by atoms with Crippen molar-refractivity contribution >= 4 is 23.0 Å². The first-order valence-electron chi connectivity index (χ1n) is 5.69. The standard InChI is InChI=1S/C12H9ClN2O5/c13-12-2-1-7(20-12)5-14-8-3-10-11(19-6-18-10)4-9(8)15(16)17/h1-4,14H,5-6H2. The molecular formula is C12H9ClN2O5. The second kappa shape index (κ2) is 4.93. The molecule has 8 heteroatoms. The second-order valence-electron chi connectivity index (χ2n) is 4.04. The van der Waals surface area contributed by atoms with E-state index < -0.39 is 4.92 Å². The highest BCUT2D eigenvalue weighted by molar-refractivity contribution is 6.28. The highest BCUT2D eigenvalue weighted by Crippen LogP contribution is 2.40. The first kappa shape index (κ1) is 12.6. The van der Waals surface area contributed by atoms with Gasteiger partial charge in [-0.25, -0.2) is 0 Å². The largest absolute Gasteiger partial charge is 0.454 e. The van der Waals surface area contributed by atoms with Crippen LogP contribution in [0, 0.1) is 10.1 Å². The van der Waals surface area contributed by atoms with Gasteiger partial charge in [0, 0.05) is 6.07 Å². The van der Waals surface area contributed by atoms with Gasteiger partial charge in [0.15, 0.2) is 16.7 Å². The minimum Gasteiger partial charge on any atom is -0.454 e. The fourth-order valence-electron chi connectivity index (χ4n) is 1.85. The van der Waals surface area contributed by atoms with Crippen LogP contribution in [0.3, 0.4) is 0 Å². The molecule has 1 aliphatic heterocycles. The lowest BCUT2D eigenvalue weighted by molar-refractivity contribution is -0.384. The Morgan fingerprint density at radius 2 is 2.05 bits per heavy atom. The molecule has 20 heavy (non-hydrogen) atoms. The van der Waals surface area contributed by atoms with Gasteiger partial charge in [0.25, 0.3) is 5.69 Å². The molecule has 2 aromatic rings. The molecule has 3 rings (SSSR count). The molecule has 1 aromatic carbocycles. The molecule has 0 saturated carbocycles. The van der Waals surface area contributed by atoms with E-state index in [0.717, 1.165) is 0 Å². The van der Waals surface area contributed by atoms with Gasteiger partial charge in [-0.3, -0.25) is 10.1 Å². The Bertz CT molecular complexity index is 670. The maximum Gasteiger partial charge on any atom is 0.296 e. The number of nitro groups is 1. The number of hydrogen-bond donors (Lipinski definition) is 1. The minimum atomic E-state index is -0.487. The van der Waals surface area contributed by atoms with Crippen LogP contribution in [-0.4, -0.2) is 11.7 Å². The van der Waals surface area contributed by atoms with Crippen molar-refractivity contribution in [2.24, 2.45) is 0 Å². The number of anilines is 1. The summed E-state index contributed by atoms with van der Waals surface area (Å²) >= 11 is 5.66. The summed E-state index contributed by atoms with van der Waals surface area (Å²) in [6.07, 6.45) is 0. The minimum absolute atomic E-state index is 0.0593. The summed E-state index contributed by atoms with van der Waals surface area (Å²) < 4.78 is 15.5. The summed E-state index contributed by atoms with van der Waals surface area (Å²) in [5, 5.41) is 14.3. The molecule has 0 spiro atoms. The van der Waals surface area contributed by atoms with Gasteiger partial charge in [-0.05, 0) is 23.7 Å². The molecule has 104 valence electrons. The summed E-state index contributed by atoms with van der Waals surface area (Å²) in [4.78, 5) is 10.6. The Labute approximate surface area is 118 Å². The van der Waals surface area contributed by atoms with Crippen LogP contribution in [-0.2, 0) is 6.54 Å². The number of nitro benzene ring substituents is 1. The van der Waals surface area contributed by atoms with Crippen molar-refractivity contribution in [3.05, 3.63) is 45.4 Å². The average Bonchev–Trinajstić information content (AvgIpc) is 3.03. The number of hydrogen-bond acceptors (Lipinski definition) is 6. The van der Waals surface area contributed by atoms with E-state index in [9.17, 15) is 10.1 Å². The summed E-state index contributed by atoms with van der Waals surface area (Å²) in [7, 11) is 0. The van der Waals surface area contributed by atoms with Gasteiger partial charge >= 0.3 is 0 Å². The van der Waals surface area contributed by atoms with Gasteiger partial charge in [0.2, 0.25) is 6.79 Å². The van der Waals surface area contributed by atoms with E-state index in [2.05, 4.69) is 5.32 Å². The molecule has 0 radical (unpaired) electrons. The van der Waals surface area contributed by atoms with Gasteiger partial charge < -0.3 is 19.2 Å². The topological polar surface area (TPSA) is 86.8 Å². The van der Waals surface area contributed by atoms with Crippen LogP contribution in [0.25, 0.3) is 0 Å². The van der Waals surface area contributed by atoms with Crippen molar-refractivity contribution in [1.82, 2.24) is 0 Å². The molecule has 0 bridgehead atoms. The lowest BCUT2D eigenvalue weighted by Gasteiger charge is -2.06. The third-order valence-corrected chi connectivity index (χ3v) is 2.97. The lowest BCUT2D eigenvalue weighted by atomic mass is 10.2. The van der Waals surface area contributed by atoms with E-state index >= 15 is 0 Å². The zero-order chi connectivity index (χ0) is 14.1. The molecule has 0 unspecified atom stereocenters. The number of furan rings is 1. The Morgan fingerprint density at radius 3 is 2.70 bits per heavy atom. The van der Waals surface area contributed by atoms with E-state index in [-0.39, 0.29) is 24.2 Å². The summed E-state index contributed by atoms with van der Waals surface area (Å²) in [5.41, 5.74) is 0.235. The molecule has 1 aromatic heterocycles. The second-order valence-corrected chi connectivity index (χ2v) is 4.41. The molecule has 0 saturated heterocycles. The Balaban J connectivity index is 1.86. The van der Waals surface area contributed by atoms with Gasteiger partial charge in [-0.1, -0.05) is 0 Å². The van der Waals surface area contributed by atoms with Crippen LogP contribution < -0.4 is 14.8 Å². The van der Waals surface area contributed by atoms with Gasteiger partial charge in [0.05, 0.1) is 17.5 Å². The molecular weight excluding hydrogens is 288 g/mol. The summed E-state index contributed by atoms with van der Waals surface area (Å²) in [6, 6.07) is 6.16. The number of halogens is 1.